The summed E-state index contributed by atoms with van der Waals surface area (Å²) in [5.74, 6) is 0.858. The normalized spacial score (nSPS) is 17.9. The van der Waals surface area contributed by atoms with Crippen LogP contribution in [0.15, 0.2) is 35.3 Å². The van der Waals surface area contributed by atoms with E-state index in [1.807, 2.05) is 12.3 Å². The molecule has 31 heavy (non-hydrogen) atoms. The van der Waals surface area contributed by atoms with E-state index in [0.717, 1.165) is 57.4 Å². The second-order valence-electron chi connectivity index (χ2n) is 7.79. The zero-order chi connectivity index (χ0) is 21.3. The molecule has 8 heteroatoms. The Hall–Kier alpha value is -2.55. The highest BCUT2D eigenvalue weighted by molar-refractivity contribution is 5.78. The van der Waals surface area contributed by atoms with Gasteiger partial charge in [-0.1, -0.05) is 29.8 Å². The molecule has 2 aliphatic heterocycles. The molecule has 0 atom stereocenters. The lowest BCUT2D eigenvalue weighted by Crippen LogP contribution is -2.39. The molecule has 2 aromatic rings. The van der Waals surface area contributed by atoms with Crippen LogP contribution in [-0.2, 0) is 16.0 Å². The molecule has 0 radical (unpaired) electrons. The largest absolute Gasteiger partial charge is 0.462 e. The first kappa shape index (κ1) is 21.7. The van der Waals surface area contributed by atoms with E-state index in [4.69, 9.17) is 14.2 Å². The Morgan fingerprint density at radius 2 is 1.81 bits per heavy atom. The van der Waals surface area contributed by atoms with Crippen molar-refractivity contribution < 1.29 is 14.2 Å². The van der Waals surface area contributed by atoms with Crippen molar-refractivity contribution in [3.63, 3.8) is 0 Å². The Morgan fingerprint density at radius 3 is 2.58 bits per heavy atom. The summed E-state index contributed by atoms with van der Waals surface area (Å²) in [5.41, 5.74) is 3.17. The van der Waals surface area contributed by atoms with Gasteiger partial charge in [-0.25, -0.2) is 0 Å². The molecule has 8 nitrogen and oxygen atoms in total. The van der Waals surface area contributed by atoms with Crippen LogP contribution in [0.4, 0.5) is 5.82 Å². The van der Waals surface area contributed by atoms with Crippen molar-refractivity contribution in [3.05, 3.63) is 47.2 Å². The Kier molecular flexibility index (Phi) is 7.81. The maximum atomic E-state index is 5.94. The molecule has 4 rings (SSSR count). The summed E-state index contributed by atoms with van der Waals surface area (Å²) in [6, 6.07) is 10.8. The molecule has 166 valence electrons. The highest BCUT2D eigenvalue weighted by Crippen LogP contribution is 2.17. The van der Waals surface area contributed by atoms with Gasteiger partial charge in [-0.2, -0.15) is 9.97 Å². The van der Waals surface area contributed by atoms with Crippen molar-refractivity contribution in [2.75, 3.05) is 70.7 Å². The van der Waals surface area contributed by atoms with Gasteiger partial charge in [-0.3, -0.25) is 9.89 Å². The average molecular weight is 426 g/mol. The van der Waals surface area contributed by atoms with Crippen LogP contribution >= 0.6 is 0 Å². The van der Waals surface area contributed by atoms with Gasteiger partial charge in [0, 0.05) is 45.0 Å². The van der Waals surface area contributed by atoms with Crippen LogP contribution in [0.5, 0.6) is 6.01 Å². The van der Waals surface area contributed by atoms with Gasteiger partial charge in [0.2, 0.25) is 0 Å². The summed E-state index contributed by atoms with van der Waals surface area (Å²) >= 11 is 0. The number of hydrogen-bond acceptors (Lipinski definition) is 8. The first-order valence-corrected chi connectivity index (χ1v) is 11.0. The van der Waals surface area contributed by atoms with E-state index >= 15 is 0 Å². The Morgan fingerprint density at radius 1 is 1.03 bits per heavy atom. The van der Waals surface area contributed by atoms with Crippen molar-refractivity contribution >= 4 is 12.0 Å². The van der Waals surface area contributed by atoms with Crippen molar-refractivity contribution in [1.82, 2.24) is 14.9 Å². The van der Waals surface area contributed by atoms with E-state index in [2.05, 4.69) is 55.9 Å². The fourth-order valence-corrected chi connectivity index (χ4v) is 3.66. The number of rotatable bonds is 8. The van der Waals surface area contributed by atoms with Gasteiger partial charge in [0.05, 0.1) is 38.7 Å². The summed E-state index contributed by atoms with van der Waals surface area (Å²) in [5, 5.41) is 0. The number of morpholine rings is 2. The molecule has 2 aliphatic rings. The minimum Gasteiger partial charge on any atom is -0.462 e. The van der Waals surface area contributed by atoms with Crippen molar-refractivity contribution in [1.29, 1.82) is 0 Å². The monoisotopic (exact) mass is 425 g/mol. The lowest BCUT2D eigenvalue weighted by atomic mass is 10.1. The van der Waals surface area contributed by atoms with Crippen molar-refractivity contribution in [2.45, 2.75) is 13.5 Å². The highest BCUT2D eigenvalue weighted by Gasteiger charge is 2.16. The van der Waals surface area contributed by atoms with Crippen LogP contribution in [-0.4, -0.2) is 86.8 Å². The molecule has 2 saturated heterocycles. The van der Waals surface area contributed by atoms with E-state index < -0.39 is 0 Å². The number of aryl methyl sites for hydroxylation is 1. The molecule has 0 bridgehead atoms. The van der Waals surface area contributed by atoms with E-state index in [0.29, 0.717) is 32.4 Å². The van der Waals surface area contributed by atoms with Crippen LogP contribution < -0.4 is 9.64 Å². The number of benzene rings is 1. The van der Waals surface area contributed by atoms with E-state index in [1.54, 1.807) is 0 Å². The average Bonchev–Trinajstić information content (AvgIpc) is 2.80. The van der Waals surface area contributed by atoms with E-state index in [1.165, 1.54) is 11.1 Å². The molecule has 0 spiro atoms. The lowest BCUT2D eigenvalue weighted by molar-refractivity contribution is 0.0317. The smallest absolute Gasteiger partial charge is 0.319 e. The van der Waals surface area contributed by atoms with Crippen molar-refractivity contribution in [3.8, 4) is 6.01 Å². The van der Waals surface area contributed by atoms with Gasteiger partial charge >= 0.3 is 6.01 Å². The molecule has 3 heterocycles. The van der Waals surface area contributed by atoms with Gasteiger partial charge in [0.25, 0.3) is 0 Å². The Labute approximate surface area is 183 Å². The molecule has 1 aromatic carbocycles. The van der Waals surface area contributed by atoms with Crippen LogP contribution in [0, 0.1) is 6.92 Å². The third-order valence-electron chi connectivity index (χ3n) is 5.37. The Balaban J connectivity index is 1.43. The zero-order valence-electron chi connectivity index (χ0n) is 18.2. The molecular weight excluding hydrogens is 394 g/mol. The van der Waals surface area contributed by atoms with Gasteiger partial charge in [-0.15, -0.1) is 0 Å². The standard InChI is InChI=1S/C23H31N5O3/c1-19-3-2-4-20(15-19)17-24-18-21-16-22(28-8-12-30-13-9-28)26-23(25-21)31-14-7-27-5-10-29-11-6-27/h2-4,15-16,18H,5-14,17H2,1H3. The number of hydrogen-bond donors (Lipinski definition) is 0. The van der Waals surface area contributed by atoms with Crippen LogP contribution in [0.3, 0.4) is 0 Å². The summed E-state index contributed by atoms with van der Waals surface area (Å²) in [6.07, 6.45) is 1.81. The maximum absolute atomic E-state index is 5.94. The third kappa shape index (κ3) is 6.72. The fraction of sp³-hybridized carbons (Fsp3) is 0.522. The first-order chi connectivity index (χ1) is 15.3. The zero-order valence-corrected chi connectivity index (χ0v) is 18.2. The first-order valence-electron chi connectivity index (χ1n) is 11.0. The van der Waals surface area contributed by atoms with Crippen LogP contribution in [0.2, 0.25) is 0 Å². The predicted octanol–water partition coefficient (Wildman–Crippen LogP) is 1.95. The summed E-state index contributed by atoms with van der Waals surface area (Å²) in [4.78, 5) is 18.4. The third-order valence-corrected chi connectivity index (χ3v) is 5.37. The number of anilines is 1. The van der Waals surface area contributed by atoms with E-state index in [9.17, 15) is 0 Å². The number of aliphatic imine (C=N–C) groups is 1. The summed E-state index contributed by atoms with van der Waals surface area (Å²) in [6.45, 7) is 10.6. The molecule has 0 saturated carbocycles. The molecule has 0 amide bonds. The lowest BCUT2D eigenvalue weighted by Gasteiger charge is -2.28. The Bertz CT molecular complexity index is 864. The minimum absolute atomic E-state index is 0.397. The summed E-state index contributed by atoms with van der Waals surface area (Å²) < 4.78 is 16.8. The molecule has 1 aromatic heterocycles. The number of nitrogens with zero attached hydrogens (tertiary/aromatic N) is 5. The predicted molar refractivity (Wildman–Crippen MR) is 120 cm³/mol. The van der Waals surface area contributed by atoms with Crippen LogP contribution in [0.25, 0.3) is 0 Å². The molecule has 2 fully saturated rings. The maximum Gasteiger partial charge on any atom is 0.319 e. The van der Waals surface area contributed by atoms with E-state index in [-0.39, 0.29) is 0 Å². The minimum atomic E-state index is 0.397. The quantitative estimate of drug-likeness (QED) is 0.599. The fourth-order valence-electron chi connectivity index (χ4n) is 3.66. The van der Waals surface area contributed by atoms with Gasteiger partial charge in [0.1, 0.15) is 12.4 Å². The van der Waals surface area contributed by atoms with Gasteiger partial charge in [0.15, 0.2) is 0 Å². The van der Waals surface area contributed by atoms with Gasteiger partial charge in [-0.05, 0) is 12.5 Å². The SMILES string of the molecule is Cc1cccc(CN=Cc2cc(N3CCOCC3)nc(OCCN3CCOCC3)n2)c1. The second-order valence-corrected chi connectivity index (χ2v) is 7.79. The second kappa shape index (κ2) is 11.2. The molecule has 0 unspecified atom stereocenters. The van der Waals surface area contributed by atoms with Gasteiger partial charge < -0.3 is 19.1 Å². The molecule has 0 N–H and O–H groups in total. The molecular formula is C23H31N5O3. The van der Waals surface area contributed by atoms with Crippen LogP contribution in [0.1, 0.15) is 16.8 Å². The molecule has 0 aliphatic carbocycles. The highest BCUT2D eigenvalue weighted by atomic mass is 16.5. The number of ether oxygens (including phenoxy) is 3. The van der Waals surface area contributed by atoms with Crippen molar-refractivity contribution in [2.24, 2.45) is 4.99 Å². The number of aromatic nitrogens is 2. The summed E-state index contributed by atoms with van der Waals surface area (Å²) in [7, 11) is 0. The topological polar surface area (TPSA) is 72.3 Å².